The molecule has 0 radical (unpaired) electrons. The Morgan fingerprint density at radius 1 is 1.47 bits per heavy atom. The van der Waals surface area contributed by atoms with Crippen LogP contribution in [0.5, 0.6) is 0 Å². The predicted octanol–water partition coefficient (Wildman–Crippen LogP) is 0.523. The first-order valence-corrected chi connectivity index (χ1v) is 6.76. The molecule has 0 heterocycles. The molecule has 1 aliphatic rings. The molecule has 6 heteroatoms. The summed E-state index contributed by atoms with van der Waals surface area (Å²) in [6.07, 6.45) is 2.54. The first-order chi connectivity index (χ1) is 6.95. The summed E-state index contributed by atoms with van der Waals surface area (Å²) < 4.78 is 24.6. The molecule has 0 aromatic rings. The van der Waals surface area contributed by atoms with Gasteiger partial charge in [-0.15, -0.1) is 0 Å². The SMILES string of the molecule is CCCN(CC(=O)O)S(=O)(=O)CC1CC1. The molecule has 0 aromatic heterocycles. The van der Waals surface area contributed by atoms with E-state index in [2.05, 4.69) is 0 Å². The molecule has 0 bridgehead atoms. The lowest BCUT2D eigenvalue weighted by atomic mass is 10.5. The summed E-state index contributed by atoms with van der Waals surface area (Å²) in [5, 5.41) is 8.62. The van der Waals surface area contributed by atoms with Crippen molar-refractivity contribution in [2.45, 2.75) is 26.2 Å². The summed E-state index contributed by atoms with van der Waals surface area (Å²) in [5.74, 6) is -0.730. The maximum absolute atomic E-state index is 11.8. The number of hydrogen-bond donors (Lipinski definition) is 1. The standard InChI is InChI=1S/C9H17NO4S/c1-2-5-10(6-9(11)12)15(13,14)7-8-3-4-8/h8H,2-7H2,1H3,(H,11,12). The van der Waals surface area contributed by atoms with Gasteiger partial charge in [0.25, 0.3) is 0 Å². The van der Waals surface area contributed by atoms with Crippen molar-refractivity contribution < 1.29 is 18.3 Å². The molecule has 1 fully saturated rings. The zero-order valence-electron chi connectivity index (χ0n) is 8.85. The molecule has 15 heavy (non-hydrogen) atoms. The van der Waals surface area contributed by atoms with Crippen LogP contribution in [0.15, 0.2) is 0 Å². The van der Waals surface area contributed by atoms with Crippen molar-refractivity contribution in [3.8, 4) is 0 Å². The summed E-state index contributed by atoms with van der Waals surface area (Å²) in [6.45, 7) is 1.71. The molecule has 0 aliphatic heterocycles. The van der Waals surface area contributed by atoms with Crippen molar-refractivity contribution in [1.82, 2.24) is 4.31 Å². The largest absolute Gasteiger partial charge is 0.480 e. The van der Waals surface area contributed by atoms with Crippen molar-refractivity contribution in [3.05, 3.63) is 0 Å². The minimum Gasteiger partial charge on any atom is -0.480 e. The van der Waals surface area contributed by atoms with E-state index in [0.29, 0.717) is 13.0 Å². The summed E-state index contributed by atoms with van der Waals surface area (Å²) in [5.41, 5.74) is 0. The zero-order valence-corrected chi connectivity index (χ0v) is 9.66. The third kappa shape index (κ3) is 4.17. The normalized spacial score (nSPS) is 16.9. The fourth-order valence-electron chi connectivity index (χ4n) is 1.40. The van der Waals surface area contributed by atoms with Crippen molar-refractivity contribution in [3.63, 3.8) is 0 Å². The van der Waals surface area contributed by atoms with Crippen LogP contribution in [0.2, 0.25) is 0 Å². The van der Waals surface area contributed by atoms with Gasteiger partial charge in [0.05, 0.1) is 5.75 Å². The molecule has 1 saturated carbocycles. The van der Waals surface area contributed by atoms with Gasteiger partial charge in [-0.3, -0.25) is 4.79 Å². The van der Waals surface area contributed by atoms with Crippen molar-refractivity contribution in [1.29, 1.82) is 0 Å². The van der Waals surface area contributed by atoms with Crippen LogP contribution in [0.25, 0.3) is 0 Å². The molecule has 0 amide bonds. The molecular weight excluding hydrogens is 218 g/mol. The number of carboxylic acid groups (broad SMARTS) is 1. The lowest BCUT2D eigenvalue weighted by Crippen LogP contribution is -2.38. The highest BCUT2D eigenvalue weighted by Gasteiger charge is 2.32. The average molecular weight is 235 g/mol. The van der Waals surface area contributed by atoms with Crippen LogP contribution in [0, 0.1) is 5.92 Å². The Bertz CT molecular complexity index is 321. The number of sulfonamides is 1. The van der Waals surface area contributed by atoms with E-state index in [1.807, 2.05) is 6.92 Å². The molecular formula is C9H17NO4S. The van der Waals surface area contributed by atoms with Crippen LogP contribution < -0.4 is 0 Å². The van der Waals surface area contributed by atoms with Crippen LogP contribution >= 0.6 is 0 Å². The average Bonchev–Trinajstić information content (AvgIpc) is 2.86. The molecule has 0 atom stereocenters. The van der Waals surface area contributed by atoms with Gasteiger partial charge in [-0.25, -0.2) is 8.42 Å². The van der Waals surface area contributed by atoms with Gasteiger partial charge in [0.2, 0.25) is 10.0 Å². The third-order valence-corrected chi connectivity index (χ3v) is 4.31. The van der Waals surface area contributed by atoms with Crippen LogP contribution in [-0.4, -0.2) is 42.6 Å². The number of nitrogens with zero attached hydrogens (tertiary/aromatic N) is 1. The molecule has 88 valence electrons. The second-order valence-electron chi connectivity index (χ2n) is 3.95. The quantitative estimate of drug-likeness (QED) is 0.698. The molecule has 0 saturated heterocycles. The lowest BCUT2D eigenvalue weighted by Gasteiger charge is -2.19. The Labute approximate surface area is 90.1 Å². The molecule has 0 aromatic carbocycles. The van der Waals surface area contributed by atoms with E-state index in [1.54, 1.807) is 0 Å². The first kappa shape index (κ1) is 12.4. The first-order valence-electron chi connectivity index (χ1n) is 5.15. The van der Waals surface area contributed by atoms with E-state index in [1.165, 1.54) is 0 Å². The Balaban J connectivity index is 2.62. The maximum Gasteiger partial charge on any atom is 0.318 e. The summed E-state index contributed by atoms with van der Waals surface area (Å²) in [6, 6.07) is 0. The number of rotatable bonds is 7. The zero-order chi connectivity index (χ0) is 11.5. The Hall–Kier alpha value is -0.620. The molecule has 5 nitrogen and oxygen atoms in total. The smallest absolute Gasteiger partial charge is 0.318 e. The second-order valence-corrected chi connectivity index (χ2v) is 5.96. The van der Waals surface area contributed by atoms with E-state index < -0.39 is 22.5 Å². The number of aliphatic carboxylic acids is 1. The maximum atomic E-state index is 11.8. The van der Waals surface area contributed by atoms with Gasteiger partial charge in [0.1, 0.15) is 6.54 Å². The number of carbonyl (C=O) groups is 1. The van der Waals surface area contributed by atoms with Crippen molar-refractivity contribution >= 4 is 16.0 Å². The third-order valence-electron chi connectivity index (χ3n) is 2.32. The fraction of sp³-hybridized carbons (Fsp3) is 0.889. The highest BCUT2D eigenvalue weighted by Crippen LogP contribution is 2.31. The van der Waals surface area contributed by atoms with Gasteiger partial charge in [0.15, 0.2) is 0 Å². The summed E-state index contributed by atoms with van der Waals surface area (Å²) in [4.78, 5) is 10.5. The minimum absolute atomic E-state index is 0.111. The monoisotopic (exact) mass is 235 g/mol. The Morgan fingerprint density at radius 3 is 2.47 bits per heavy atom. The molecule has 1 aliphatic carbocycles. The molecule has 1 rings (SSSR count). The van der Waals surface area contributed by atoms with Gasteiger partial charge in [-0.2, -0.15) is 4.31 Å². The highest BCUT2D eigenvalue weighted by atomic mass is 32.2. The van der Waals surface area contributed by atoms with Gasteiger partial charge >= 0.3 is 5.97 Å². The van der Waals surface area contributed by atoms with Crippen LogP contribution in [0.3, 0.4) is 0 Å². The van der Waals surface area contributed by atoms with Gasteiger partial charge < -0.3 is 5.11 Å². The molecule has 0 spiro atoms. The number of hydrogen-bond acceptors (Lipinski definition) is 3. The van der Waals surface area contributed by atoms with Crippen LogP contribution in [0.1, 0.15) is 26.2 Å². The van der Waals surface area contributed by atoms with E-state index in [4.69, 9.17) is 5.11 Å². The second kappa shape index (κ2) is 4.94. The Kier molecular flexibility index (Phi) is 4.10. The lowest BCUT2D eigenvalue weighted by molar-refractivity contribution is -0.137. The number of carboxylic acids is 1. The highest BCUT2D eigenvalue weighted by molar-refractivity contribution is 7.89. The van der Waals surface area contributed by atoms with E-state index in [-0.39, 0.29) is 11.7 Å². The minimum atomic E-state index is -3.36. The fourth-order valence-corrected chi connectivity index (χ4v) is 3.31. The Morgan fingerprint density at radius 2 is 2.07 bits per heavy atom. The summed E-state index contributed by atoms with van der Waals surface area (Å²) >= 11 is 0. The van der Waals surface area contributed by atoms with E-state index in [9.17, 15) is 13.2 Å². The van der Waals surface area contributed by atoms with Gasteiger partial charge in [-0.05, 0) is 25.2 Å². The van der Waals surface area contributed by atoms with E-state index in [0.717, 1.165) is 17.1 Å². The van der Waals surface area contributed by atoms with Crippen molar-refractivity contribution in [2.24, 2.45) is 5.92 Å². The predicted molar refractivity (Wildman–Crippen MR) is 56.0 cm³/mol. The van der Waals surface area contributed by atoms with Crippen molar-refractivity contribution in [2.75, 3.05) is 18.8 Å². The van der Waals surface area contributed by atoms with Crippen LogP contribution in [0.4, 0.5) is 0 Å². The topological polar surface area (TPSA) is 74.7 Å². The van der Waals surface area contributed by atoms with E-state index >= 15 is 0 Å². The summed E-state index contributed by atoms with van der Waals surface area (Å²) in [7, 11) is -3.36. The van der Waals surface area contributed by atoms with Crippen LogP contribution in [-0.2, 0) is 14.8 Å². The van der Waals surface area contributed by atoms with Gasteiger partial charge in [0, 0.05) is 6.54 Å². The molecule has 0 unspecified atom stereocenters. The molecule has 1 N–H and O–H groups in total. The van der Waals surface area contributed by atoms with Gasteiger partial charge in [-0.1, -0.05) is 6.92 Å².